The highest BCUT2D eigenvalue weighted by Crippen LogP contribution is 2.29. The summed E-state index contributed by atoms with van der Waals surface area (Å²) in [5.41, 5.74) is -0.489. The first-order valence-corrected chi connectivity index (χ1v) is 4.95. The zero-order valence-corrected chi connectivity index (χ0v) is 9.67. The van der Waals surface area contributed by atoms with E-state index in [1.165, 1.54) is 0 Å². The highest BCUT2D eigenvalue weighted by atomic mass is 35.5. The van der Waals surface area contributed by atoms with Crippen LogP contribution in [0.4, 0.5) is 13.2 Å². The predicted octanol–water partition coefficient (Wildman–Crippen LogP) is 2.43. The van der Waals surface area contributed by atoms with Gasteiger partial charge < -0.3 is 14.6 Å². The van der Waals surface area contributed by atoms with Crippen molar-refractivity contribution in [3.8, 4) is 11.8 Å². The minimum absolute atomic E-state index is 0.0267. The van der Waals surface area contributed by atoms with Crippen LogP contribution in [0.5, 0.6) is 11.8 Å². The van der Waals surface area contributed by atoms with Gasteiger partial charge in [0.2, 0.25) is 11.8 Å². The van der Waals surface area contributed by atoms with Crippen molar-refractivity contribution in [2.45, 2.75) is 12.2 Å². The summed E-state index contributed by atoms with van der Waals surface area (Å²) in [4.78, 5) is 14.3. The van der Waals surface area contributed by atoms with Crippen LogP contribution in [0, 0.1) is 0 Å². The molecule has 0 saturated carbocycles. The molecule has 0 fully saturated rings. The number of nitrogens with zero attached hydrogens (tertiary/aromatic N) is 1. The van der Waals surface area contributed by atoms with E-state index in [1.54, 1.807) is 0 Å². The third-order valence-electron chi connectivity index (χ3n) is 1.84. The average molecular weight is 286 g/mol. The molecule has 1 heterocycles. The van der Waals surface area contributed by atoms with E-state index in [2.05, 4.69) is 14.5 Å². The smallest absolute Gasteiger partial charge is 0.481 e. The molecule has 0 saturated heterocycles. The normalized spacial score (nSPS) is 11.2. The Kier molecular flexibility index (Phi) is 4.23. The van der Waals surface area contributed by atoms with Crippen molar-refractivity contribution < 1.29 is 32.5 Å². The van der Waals surface area contributed by atoms with Crippen LogP contribution in [0.15, 0.2) is 6.07 Å². The van der Waals surface area contributed by atoms with E-state index in [-0.39, 0.29) is 17.3 Å². The molecule has 0 aliphatic heterocycles. The zero-order chi connectivity index (χ0) is 13.9. The van der Waals surface area contributed by atoms with Gasteiger partial charge in [0.05, 0.1) is 18.6 Å². The van der Waals surface area contributed by atoms with Crippen molar-refractivity contribution in [3.05, 3.63) is 17.2 Å². The molecule has 1 aromatic heterocycles. The summed E-state index contributed by atoms with van der Waals surface area (Å²) in [6.07, 6.45) is -4.98. The number of aromatic carboxylic acids is 1. The van der Waals surface area contributed by atoms with Crippen LogP contribution in [0.3, 0.4) is 0 Å². The number of halogens is 4. The van der Waals surface area contributed by atoms with Crippen LogP contribution >= 0.6 is 11.6 Å². The standard InChI is InChI=1S/C9H7ClF3NO4/c1-17-7-5(3-10)4(8(15)16)2-6(14-7)18-9(11,12)13/h2H,3H2,1H3,(H,15,16). The van der Waals surface area contributed by atoms with E-state index in [0.29, 0.717) is 6.07 Å². The number of ether oxygens (including phenoxy) is 2. The summed E-state index contributed by atoms with van der Waals surface area (Å²) in [6.45, 7) is 0. The molecule has 0 unspecified atom stereocenters. The molecule has 9 heteroatoms. The maximum absolute atomic E-state index is 12.0. The number of rotatable bonds is 4. The molecule has 100 valence electrons. The lowest BCUT2D eigenvalue weighted by Gasteiger charge is -2.12. The van der Waals surface area contributed by atoms with Crippen LogP contribution in [0.25, 0.3) is 0 Å². The lowest BCUT2D eigenvalue weighted by molar-refractivity contribution is -0.276. The van der Waals surface area contributed by atoms with Gasteiger partial charge in [0.1, 0.15) is 0 Å². The van der Waals surface area contributed by atoms with Gasteiger partial charge in [-0.15, -0.1) is 24.8 Å². The molecule has 0 spiro atoms. The molecular weight excluding hydrogens is 279 g/mol. The van der Waals surface area contributed by atoms with Crippen LogP contribution in [-0.4, -0.2) is 29.5 Å². The van der Waals surface area contributed by atoms with Gasteiger partial charge in [-0.2, -0.15) is 4.98 Å². The Morgan fingerprint density at radius 1 is 1.56 bits per heavy atom. The van der Waals surface area contributed by atoms with E-state index in [4.69, 9.17) is 16.7 Å². The van der Waals surface area contributed by atoms with Crippen molar-refractivity contribution in [1.29, 1.82) is 0 Å². The van der Waals surface area contributed by atoms with Crippen molar-refractivity contribution in [1.82, 2.24) is 4.98 Å². The van der Waals surface area contributed by atoms with Crippen molar-refractivity contribution >= 4 is 17.6 Å². The number of hydrogen-bond acceptors (Lipinski definition) is 4. The van der Waals surface area contributed by atoms with Gasteiger partial charge in [0.25, 0.3) is 0 Å². The number of methoxy groups -OCH3 is 1. The molecule has 1 aromatic rings. The molecule has 0 atom stereocenters. The first kappa shape index (κ1) is 14.4. The fraction of sp³-hybridized carbons (Fsp3) is 0.333. The second-order valence-electron chi connectivity index (χ2n) is 2.98. The number of alkyl halides is 4. The van der Waals surface area contributed by atoms with Crippen LogP contribution in [0.1, 0.15) is 15.9 Å². The van der Waals surface area contributed by atoms with Crippen molar-refractivity contribution in [2.75, 3.05) is 7.11 Å². The fourth-order valence-corrected chi connectivity index (χ4v) is 1.44. The zero-order valence-electron chi connectivity index (χ0n) is 8.92. The Morgan fingerprint density at radius 2 is 2.17 bits per heavy atom. The minimum Gasteiger partial charge on any atom is -0.481 e. The van der Waals surface area contributed by atoms with Gasteiger partial charge >= 0.3 is 12.3 Å². The monoisotopic (exact) mass is 285 g/mol. The van der Waals surface area contributed by atoms with E-state index in [9.17, 15) is 18.0 Å². The summed E-state index contributed by atoms with van der Waals surface area (Å²) < 4.78 is 44.3. The molecule has 0 radical (unpaired) electrons. The first-order chi connectivity index (χ1) is 8.28. The van der Waals surface area contributed by atoms with E-state index in [1.807, 2.05) is 0 Å². The quantitative estimate of drug-likeness (QED) is 0.861. The third kappa shape index (κ3) is 3.39. The number of carbonyl (C=O) groups is 1. The lowest BCUT2D eigenvalue weighted by Crippen LogP contribution is -2.19. The summed E-state index contributed by atoms with van der Waals surface area (Å²) in [6, 6.07) is 0.635. The molecule has 5 nitrogen and oxygen atoms in total. The summed E-state index contributed by atoms with van der Waals surface area (Å²) >= 11 is 5.50. The highest BCUT2D eigenvalue weighted by Gasteiger charge is 2.33. The van der Waals surface area contributed by atoms with Crippen molar-refractivity contribution in [2.24, 2.45) is 0 Å². The molecule has 1 rings (SSSR count). The number of pyridine rings is 1. The van der Waals surface area contributed by atoms with Gasteiger partial charge in [0.15, 0.2) is 0 Å². The van der Waals surface area contributed by atoms with Crippen LogP contribution < -0.4 is 9.47 Å². The number of aromatic nitrogens is 1. The molecule has 0 aliphatic rings. The number of carboxylic acids is 1. The number of carboxylic acid groups (broad SMARTS) is 1. The SMILES string of the molecule is COc1nc(OC(F)(F)F)cc(C(=O)O)c1CCl. The van der Waals surface area contributed by atoms with E-state index < -0.39 is 23.8 Å². The van der Waals surface area contributed by atoms with Crippen LogP contribution in [-0.2, 0) is 5.88 Å². The molecule has 0 aliphatic carbocycles. The maximum Gasteiger partial charge on any atom is 0.574 e. The average Bonchev–Trinajstić information content (AvgIpc) is 2.25. The molecule has 0 aromatic carbocycles. The Bertz CT molecular complexity index is 464. The summed E-state index contributed by atoms with van der Waals surface area (Å²) in [5.74, 6) is -2.99. The second kappa shape index (κ2) is 5.30. The molecule has 18 heavy (non-hydrogen) atoms. The molecule has 0 amide bonds. The van der Waals surface area contributed by atoms with Gasteiger partial charge in [-0.25, -0.2) is 4.79 Å². The van der Waals surface area contributed by atoms with Gasteiger partial charge in [-0.05, 0) is 0 Å². The largest absolute Gasteiger partial charge is 0.574 e. The van der Waals surface area contributed by atoms with E-state index in [0.717, 1.165) is 7.11 Å². The molecule has 1 N–H and O–H groups in total. The number of hydrogen-bond donors (Lipinski definition) is 1. The second-order valence-corrected chi connectivity index (χ2v) is 3.25. The Hall–Kier alpha value is -1.70. The maximum atomic E-state index is 12.0. The highest BCUT2D eigenvalue weighted by molar-refractivity contribution is 6.17. The van der Waals surface area contributed by atoms with Gasteiger partial charge in [-0.3, -0.25) is 0 Å². The topological polar surface area (TPSA) is 68.7 Å². The third-order valence-corrected chi connectivity index (χ3v) is 2.11. The lowest BCUT2D eigenvalue weighted by atomic mass is 10.1. The Labute approximate surface area is 104 Å². The van der Waals surface area contributed by atoms with Gasteiger partial charge in [0, 0.05) is 11.6 Å². The fourth-order valence-electron chi connectivity index (χ4n) is 1.19. The predicted molar refractivity (Wildman–Crippen MR) is 54.0 cm³/mol. The Morgan fingerprint density at radius 3 is 2.56 bits per heavy atom. The molecular formula is C9H7ClF3NO4. The Balaban J connectivity index is 3.32. The summed E-state index contributed by atoms with van der Waals surface area (Å²) in [7, 11) is 1.13. The van der Waals surface area contributed by atoms with Crippen LogP contribution in [0.2, 0.25) is 0 Å². The first-order valence-electron chi connectivity index (χ1n) is 4.41. The van der Waals surface area contributed by atoms with Gasteiger partial charge in [-0.1, -0.05) is 0 Å². The minimum atomic E-state index is -4.98. The van der Waals surface area contributed by atoms with Crippen molar-refractivity contribution in [3.63, 3.8) is 0 Å². The van der Waals surface area contributed by atoms with E-state index >= 15 is 0 Å². The molecule has 0 bridgehead atoms. The summed E-state index contributed by atoms with van der Waals surface area (Å²) in [5, 5.41) is 8.86.